The van der Waals surface area contributed by atoms with E-state index in [1.807, 2.05) is 0 Å². The molecule has 2 atom stereocenters. The summed E-state index contributed by atoms with van der Waals surface area (Å²) in [5.74, 6) is 1.08. The summed E-state index contributed by atoms with van der Waals surface area (Å²) >= 11 is 0. The zero-order chi connectivity index (χ0) is 11.7. The predicted octanol–water partition coefficient (Wildman–Crippen LogP) is 2.78. The maximum atomic E-state index is 3.51. The molecular weight excluding hydrogens is 208 g/mol. The molecule has 2 unspecified atom stereocenters. The largest absolute Gasteiger partial charge is 0.317 e. The first kappa shape index (κ1) is 12.0. The summed E-state index contributed by atoms with van der Waals surface area (Å²) < 4.78 is 0. The highest BCUT2D eigenvalue weighted by molar-refractivity contribution is 4.94. The van der Waals surface area contributed by atoms with Crippen molar-refractivity contribution in [3.05, 3.63) is 0 Å². The number of nitrogens with zero attached hydrogens (tertiary/aromatic N) is 1. The van der Waals surface area contributed by atoms with Crippen molar-refractivity contribution in [3.8, 4) is 0 Å². The van der Waals surface area contributed by atoms with E-state index in [4.69, 9.17) is 0 Å². The van der Waals surface area contributed by atoms with Crippen LogP contribution in [-0.2, 0) is 0 Å². The fraction of sp³-hybridized carbons (Fsp3) is 1.00. The number of fused-ring (bicyclic) bond motifs is 2. The van der Waals surface area contributed by atoms with E-state index >= 15 is 0 Å². The molecular formula is C15H28N2. The minimum Gasteiger partial charge on any atom is -0.317 e. The Bertz CT molecular complexity index is 235. The summed E-state index contributed by atoms with van der Waals surface area (Å²) in [5, 5.41) is 3.51. The lowest BCUT2D eigenvalue weighted by atomic mass is 9.79. The van der Waals surface area contributed by atoms with Crippen molar-refractivity contribution in [1.29, 1.82) is 0 Å². The van der Waals surface area contributed by atoms with Crippen molar-refractivity contribution in [2.45, 2.75) is 75.9 Å². The van der Waals surface area contributed by atoms with Crippen molar-refractivity contribution in [3.63, 3.8) is 0 Å². The maximum Gasteiger partial charge on any atom is 0.0113 e. The van der Waals surface area contributed by atoms with Gasteiger partial charge in [0, 0.05) is 18.1 Å². The Morgan fingerprint density at radius 1 is 1.00 bits per heavy atom. The Balaban J connectivity index is 1.55. The molecule has 0 spiro atoms. The van der Waals surface area contributed by atoms with E-state index in [1.54, 1.807) is 0 Å². The van der Waals surface area contributed by atoms with Crippen LogP contribution in [0.3, 0.4) is 0 Å². The van der Waals surface area contributed by atoms with Crippen LogP contribution < -0.4 is 5.32 Å². The Hall–Kier alpha value is -0.0800. The van der Waals surface area contributed by atoms with Gasteiger partial charge in [-0.05, 0) is 51.6 Å². The van der Waals surface area contributed by atoms with Gasteiger partial charge in [-0.2, -0.15) is 0 Å². The molecule has 2 aliphatic heterocycles. The molecule has 17 heavy (non-hydrogen) atoms. The molecule has 0 aromatic heterocycles. The van der Waals surface area contributed by atoms with Crippen molar-refractivity contribution in [1.82, 2.24) is 10.2 Å². The van der Waals surface area contributed by atoms with E-state index in [-0.39, 0.29) is 0 Å². The fourth-order valence-electron chi connectivity index (χ4n) is 4.19. The summed E-state index contributed by atoms with van der Waals surface area (Å²) in [5.41, 5.74) is 0. The first-order valence-electron chi connectivity index (χ1n) is 7.80. The zero-order valence-corrected chi connectivity index (χ0v) is 11.3. The van der Waals surface area contributed by atoms with Gasteiger partial charge < -0.3 is 5.32 Å². The summed E-state index contributed by atoms with van der Waals surface area (Å²) in [7, 11) is 2.14. The quantitative estimate of drug-likeness (QED) is 0.807. The van der Waals surface area contributed by atoms with E-state index < -0.39 is 0 Å². The van der Waals surface area contributed by atoms with Crippen LogP contribution in [0, 0.1) is 5.92 Å². The van der Waals surface area contributed by atoms with Crippen molar-refractivity contribution in [2.24, 2.45) is 5.92 Å². The minimum absolute atomic E-state index is 0.797. The van der Waals surface area contributed by atoms with Crippen molar-refractivity contribution in [2.75, 3.05) is 13.6 Å². The van der Waals surface area contributed by atoms with Crippen molar-refractivity contribution >= 4 is 0 Å². The third-order valence-electron chi connectivity index (χ3n) is 5.55. The van der Waals surface area contributed by atoms with E-state index in [9.17, 15) is 0 Å². The Labute approximate surface area is 106 Å². The lowest BCUT2D eigenvalue weighted by Crippen LogP contribution is -2.56. The molecule has 1 saturated carbocycles. The van der Waals surface area contributed by atoms with Gasteiger partial charge in [0.15, 0.2) is 0 Å². The molecule has 0 aromatic rings. The molecule has 98 valence electrons. The van der Waals surface area contributed by atoms with Crippen LogP contribution in [0.15, 0.2) is 0 Å². The third-order valence-corrected chi connectivity index (χ3v) is 5.55. The van der Waals surface area contributed by atoms with Crippen LogP contribution in [0.2, 0.25) is 0 Å². The van der Waals surface area contributed by atoms with E-state index in [0.29, 0.717) is 0 Å². The second-order valence-electron chi connectivity index (χ2n) is 6.52. The average Bonchev–Trinajstić information content (AvgIpc) is 2.26. The summed E-state index contributed by atoms with van der Waals surface area (Å²) in [6.07, 6.45) is 13.2. The van der Waals surface area contributed by atoms with Gasteiger partial charge in [-0.25, -0.2) is 0 Å². The van der Waals surface area contributed by atoms with Crippen LogP contribution in [-0.4, -0.2) is 36.6 Å². The molecule has 0 aromatic carbocycles. The van der Waals surface area contributed by atoms with E-state index in [2.05, 4.69) is 17.3 Å². The SMILES string of the molecule is CNC1CC2CCCC(C1)N2CCC1CCC1. The second kappa shape index (κ2) is 5.27. The molecule has 3 fully saturated rings. The topological polar surface area (TPSA) is 15.3 Å². The Morgan fingerprint density at radius 2 is 1.65 bits per heavy atom. The number of nitrogens with one attached hydrogen (secondary N) is 1. The van der Waals surface area contributed by atoms with Gasteiger partial charge in [-0.15, -0.1) is 0 Å². The van der Waals surface area contributed by atoms with Gasteiger partial charge in [-0.3, -0.25) is 4.90 Å². The highest BCUT2D eigenvalue weighted by Gasteiger charge is 2.37. The normalized spacial score (nSPS) is 39.0. The molecule has 2 heterocycles. The molecule has 0 amide bonds. The number of piperidine rings is 2. The molecule has 1 N–H and O–H groups in total. The second-order valence-corrected chi connectivity index (χ2v) is 6.52. The molecule has 2 heteroatoms. The van der Waals surface area contributed by atoms with Gasteiger partial charge in [0.1, 0.15) is 0 Å². The number of rotatable bonds is 4. The van der Waals surface area contributed by atoms with Crippen LogP contribution in [0.5, 0.6) is 0 Å². The monoisotopic (exact) mass is 236 g/mol. The first-order chi connectivity index (χ1) is 8.36. The van der Waals surface area contributed by atoms with Gasteiger partial charge in [0.2, 0.25) is 0 Å². The third kappa shape index (κ3) is 2.53. The lowest BCUT2D eigenvalue weighted by molar-refractivity contribution is 0.0186. The highest BCUT2D eigenvalue weighted by Crippen LogP contribution is 2.36. The predicted molar refractivity (Wildman–Crippen MR) is 72.2 cm³/mol. The smallest absolute Gasteiger partial charge is 0.0113 e. The lowest BCUT2D eigenvalue weighted by Gasteiger charge is -2.49. The van der Waals surface area contributed by atoms with Crippen molar-refractivity contribution < 1.29 is 0 Å². The number of hydrogen-bond donors (Lipinski definition) is 1. The van der Waals surface area contributed by atoms with Gasteiger partial charge in [0.05, 0.1) is 0 Å². The summed E-state index contributed by atoms with van der Waals surface area (Å²) in [6.45, 7) is 1.40. The molecule has 2 saturated heterocycles. The molecule has 2 bridgehead atoms. The molecule has 3 aliphatic rings. The molecule has 0 radical (unpaired) electrons. The molecule has 1 aliphatic carbocycles. The minimum atomic E-state index is 0.797. The molecule has 2 nitrogen and oxygen atoms in total. The van der Waals surface area contributed by atoms with E-state index in [1.165, 1.54) is 64.3 Å². The summed E-state index contributed by atoms with van der Waals surface area (Å²) in [6, 6.07) is 2.60. The maximum absolute atomic E-state index is 3.51. The fourth-order valence-corrected chi connectivity index (χ4v) is 4.19. The highest BCUT2D eigenvalue weighted by atomic mass is 15.2. The van der Waals surface area contributed by atoms with Crippen LogP contribution in [0.25, 0.3) is 0 Å². The van der Waals surface area contributed by atoms with Crippen LogP contribution in [0.1, 0.15) is 57.8 Å². The molecule has 3 rings (SSSR count). The van der Waals surface area contributed by atoms with Crippen LogP contribution >= 0.6 is 0 Å². The van der Waals surface area contributed by atoms with Crippen LogP contribution in [0.4, 0.5) is 0 Å². The Kier molecular flexibility index (Phi) is 3.72. The number of hydrogen-bond acceptors (Lipinski definition) is 2. The van der Waals surface area contributed by atoms with E-state index in [0.717, 1.165) is 24.0 Å². The van der Waals surface area contributed by atoms with Gasteiger partial charge >= 0.3 is 0 Å². The first-order valence-corrected chi connectivity index (χ1v) is 7.80. The summed E-state index contributed by atoms with van der Waals surface area (Å²) in [4.78, 5) is 2.88. The Morgan fingerprint density at radius 3 is 2.18 bits per heavy atom. The average molecular weight is 236 g/mol. The standard InChI is InChI=1S/C15H28N2/c1-16-13-10-14-6-3-7-15(11-13)17(14)9-8-12-4-2-5-12/h12-16H,2-11H2,1H3. The van der Waals surface area contributed by atoms with Gasteiger partial charge in [-0.1, -0.05) is 25.7 Å². The van der Waals surface area contributed by atoms with Gasteiger partial charge in [0.25, 0.3) is 0 Å². The zero-order valence-electron chi connectivity index (χ0n) is 11.3.